The molecule has 1 heterocycles. The summed E-state index contributed by atoms with van der Waals surface area (Å²) < 4.78 is 6.16. The molecule has 0 N–H and O–H groups in total. The molecule has 0 radical (unpaired) electrons. The number of anilines is 1. The van der Waals surface area contributed by atoms with Crippen LogP contribution in [0.1, 0.15) is 63.4 Å². The maximum absolute atomic E-state index is 12.8. The summed E-state index contributed by atoms with van der Waals surface area (Å²) in [4.78, 5) is 5.85. The Morgan fingerprint density at radius 2 is 2.00 bits per heavy atom. The first-order valence-corrected chi connectivity index (χ1v) is 12.5. The summed E-state index contributed by atoms with van der Waals surface area (Å²) >= 11 is 0. The van der Waals surface area contributed by atoms with Crippen LogP contribution in [-0.4, -0.2) is 19.3 Å². The van der Waals surface area contributed by atoms with Crippen molar-refractivity contribution in [3.63, 3.8) is 0 Å². The van der Waals surface area contributed by atoms with Gasteiger partial charge in [0.2, 0.25) is 0 Å². The lowest BCUT2D eigenvalue weighted by Gasteiger charge is -2.33. The summed E-state index contributed by atoms with van der Waals surface area (Å²) in [6.07, 6.45) is 17.8. The fourth-order valence-corrected chi connectivity index (χ4v) is 6.86. The molecule has 1 aromatic carbocycles. The summed E-state index contributed by atoms with van der Waals surface area (Å²) in [5.41, 5.74) is 4.84. The maximum Gasteiger partial charge on any atom is 0.0809 e. The van der Waals surface area contributed by atoms with E-state index in [1.165, 1.54) is 56.1 Å². The molecule has 0 amide bonds. The fraction of sp³-hybridized carbons (Fsp3) is 0.571. The van der Waals surface area contributed by atoms with E-state index in [1.54, 1.807) is 0 Å². The van der Waals surface area contributed by atoms with Gasteiger partial charge < -0.3 is 15.2 Å². The fourth-order valence-electron chi connectivity index (χ4n) is 6.86. The van der Waals surface area contributed by atoms with E-state index in [4.69, 9.17) is 9.57 Å². The first-order chi connectivity index (χ1) is 15.6. The van der Waals surface area contributed by atoms with Gasteiger partial charge in [-0.25, -0.2) is 0 Å². The van der Waals surface area contributed by atoms with Crippen LogP contribution in [0.2, 0.25) is 0 Å². The Bertz CT molecular complexity index is 938. The molecule has 4 heteroatoms. The zero-order valence-corrected chi connectivity index (χ0v) is 18.9. The van der Waals surface area contributed by atoms with Gasteiger partial charge in [0.15, 0.2) is 0 Å². The van der Waals surface area contributed by atoms with Gasteiger partial charge in [-0.05, 0) is 97.8 Å². The second-order valence-electron chi connectivity index (χ2n) is 10.7. The molecule has 2 spiro atoms. The summed E-state index contributed by atoms with van der Waals surface area (Å²) in [7, 11) is 0. The predicted molar refractivity (Wildman–Crippen MR) is 128 cm³/mol. The molecule has 2 unspecified atom stereocenters. The van der Waals surface area contributed by atoms with Crippen LogP contribution >= 0.6 is 0 Å². The van der Waals surface area contributed by atoms with Crippen LogP contribution in [-0.2, 0) is 9.57 Å². The van der Waals surface area contributed by atoms with E-state index < -0.39 is 0 Å². The molecule has 0 aromatic heterocycles. The van der Waals surface area contributed by atoms with Gasteiger partial charge in [0, 0.05) is 12.5 Å². The monoisotopic (exact) mass is 432 g/mol. The first kappa shape index (κ1) is 20.7. The number of nitrogens with zero attached hydrogens (tertiary/aromatic N) is 1. The normalized spacial score (nSPS) is 34.7. The van der Waals surface area contributed by atoms with Crippen molar-refractivity contribution < 1.29 is 9.57 Å². The second-order valence-corrected chi connectivity index (χ2v) is 10.7. The molecule has 6 rings (SSSR count). The smallest absolute Gasteiger partial charge is 0.0809 e. The molecule has 170 valence electrons. The Labute approximate surface area is 191 Å². The minimum Gasteiger partial charge on any atom is -0.733 e. The summed E-state index contributed by atoms with van der Waals surface area (Å²) in [5, 5.41) is 13.5. The molecule has 4 aliphatic carbocycles. The third-order valence-electron chi connectivity index (χ3n) is 8.92. The Balaban J connectivity index is 1.13. The van der Waals surface area contributed by atoms with Gasteiger partial charge >= 0.3 is 0 Å². The highest BCUT2D eigenvalue weighted by atomic mass is 16.9. The highest BCUT2D eigenvalue weighted by Crippen LogP contribution is 2.78. The maximum atomic E-state index is 12.8. The van der Waals surface area contributed by atoms with Crippen molar-refractivity contribution in [3.05, 3.63) is 65.4 Å². The van der Waals surface area contributed by atoms with Crippen LogP contribution in [0, 0.1) is 27.9 Å². The van der Waals surface area contributed by atoms with Gasteiger partial charge in [-0.2, -0.15) is 0 Å². The standard InChI is InChI=1S/C28H34NO3/c1-20-25(28(19-27(20)14-15-27)17-24(28)26-9-5-6-16-31-26)18-32-29(30)23-12-10-22(11-13-23)21-7-3-2-4-8-21/h3,7-8,10-13,24-26H,1-2,4-6,9,14-19H2/q-1/t24-,25-,26?,28?/m0/s1. The van der Waals surface area contributed by atoms with Crippen LogP contribution in [0.4, 0.5) is 5.69 Å². The third-order valence-corrected chi connectivity index (χ3v) is 8.92. The average molecular weight is 433 g/mol. The van der Waals surface area contributed by atoms with E-state index in [-0.39, 0.29) is 11.3 Å². The molecule has 1 aliphatic heterocycles. The molecule has 4 nitrogen and oxygen atoms in total. The van der Waals surface area contributed by atoms with Crippen molar-refractivity contribution >= 4 is 11.3 Å². The SMILES string of the molecule is C=C1[C@H](CON([O-])c2ccc(C3=CCCC=C3)cc2)C2(C[C@H]2C2CCCCO2)CC12CC2. The van der Waals surface area contributed by atoms with Crippen LogP contribution in [0.25, 0.3) is 5.57 Å². The van der Waals surface area contributed by atoms with Crippen molar-refractivity contribution in [2.75, 3.05) is 18.4 Å². The topological polar surface area (TPSA) is 44.8 Å². The van der Waals surface area contributed by atoms with Gasteiger partial charge in [-0.1, -0.05) is 42.5 Å². The number of rotatable bonds is 6. The second kappa shape index (κ2) is 7.86. The Kier molecular flexibility index (Phi) is 5.09. The number of hydrogen-bond acceptors (Lipinski definition) is 4. The lowest BCUT2D eigenvalue weighted by atomic mass is 9.86. The van der Waals surface area contributed by atoms with E-state index >= 15 is 0 Å². The number of ether oxygens (including phenoxy) is 1. The Morgan fingerprint density at radius 3 is 2.69 bits per heavy atom. The quantitative estimate of drug-likeness (QED) is 0.376. The van der Waals surface area contributed by atoms with Gasteiger partial charge in [-0.3, -0.25) is 4.84 Å². The zero-order chi connectivity index (χ0) is 21.8. The molecule has 5 aliphatic rings. The van der Waals surface area contributed by atoms with Gasteiger partial charge in [0.1, 0.15) is 0 Å². The first-order valence-electron chi connectivity index (χ1n) is 12.5. The summed E-state index contributed by atoms with van der Waals surface area (Å²) in [6.45, 7) is 5.86. The molecular formula is C28H34NO3-. The Morgan fingerprint density at radius 1 is 1.16 bits per heavy atom. The van der Waals surface area contributed by atoms with Crippen molar-refractivity contribution in [2.24, 2.45) is 22.7 Å². The van der Waals surface area contributed by atoms with Gasteiger partial charge in [-0.15, -0.1) is 0 Å². The summed E-state index contributed by atoms with van der Waals surface area (Å²) in [5.74, 6) is 0.887. The molecule has 3 saturated carbocycles. The van der Waals surface area contributed by atoms with Gasteiger partial charge in [0.05, 0.1) is 18.4 Å². The average Bonchev–Trinajstić information content (AvgIpc) is 3.76. The highest BCUT2D eigenvalue weighted by molar-refractivity contribution is 5.75. The van der Waals surface area contributed by atoms with Crippen molar-refractivity contribution in [2.45, 2.75) is 63.9 Å². The minimum absolute atomic E-state index is 0.250. The van der Waals surface area contributed by atoms with E-state index in [0.29, 0.717) is 35.0 Å². The third kappa shape index (κ3) is 3.48. The zero-order valence-electron chi connectivity index (χ0n) is 18.9. The molecule has 4 atom stereocenters. The lowest BCUT2D eigenvalue weighted by molar-refractivity contribution is -0.0125. The Hall–Kier alpha value is -1.88. The molecule has 4 fully saturated rings. The van der Waals surface area contributed by atoms with E-state index in [9.17, 15) is 5.21 Å². The van der Waals surface area contributed by atoms with Crippen molar-refractivity contribution in [3.8, 4) is 0 Å². The van der Waals surface area contributed by atoms with E-state index in [0.717, 1.165) is 25.0 Å². The van der Waals surface area contributed by atoms with Crippen LogP contribution < -0.4 is 5.23 Å². The largest absolute Gasteiger partial charge is 0.733 e. The number of hydrogen-bond donors (Lipinski definition) is 0. The summed E-state index contributed by atoms with van der Waals surface area (Å²) in [6, 6.07) is 7.75. The van der Waals surface area contributed by atoms with Crippen molar-refractivity contribution in [1.29, 1.82) is 0 Å². The van der Waals surface area contributed by atoms with E-state index in [2.05, 4.69) is 24.8 Å². The van der Waals surface area contributed by atoms with Crippen LogP contribution in [0.5, 0.6) is 0 Å². The minimum atomic E-state index is 0.250. The van der Waals surface area contributed by atoms with Crippen LogP contribution in [0.3, 0.4) is 0 Å². The lowest BCUT2D eigenvalue weighted by Crippen LogP contribution is -2.29. The molecular weight excluding hydrogens is 398 g/mol. The molecule has 1 aromatic rings. The molecule has 1 saturated heterocycles. The molecule has 32 heavy (non-hydrogen) atoms. The molecule has 0 bridgehead atoms. The van der Waals surface area contributed by atoms with Crippen molar-refractivity contribution in [1.82, 2.24) is 0 Å². The predicted octanol–water partition coefficient (Wildman–Crippen LogP) is 6.59. The number of allylic oxidation sites excluding steroid dienone is 4. The van der Waals surface area contributed by atoms with E-state index in [1.807, 2.05) is 24.3 Å². The van der Waals surface area contributed by atoms with Crippen LogP contribution in [0.15, 0.2) is 54.6 Å². The van der Waals surface area contributed by atoms with Gasteiger partial charge in [0.25, 0.3) is 0 Å². The number of benzene rings is 1. The highest BCUT2D eigenvalue weighted by Gasteiger charge is 2.72.